The molecule has 0 aliphatic carbocycles. The summed E-state index contributed by atoms with van der Waals surface area (Å²) in [5.41, 5.74) is 3.52. The Kier molecular flexibility index (Phi) is 7.26. The number of nitrogens with one attached hydrogen (secondary N) is 2. The number of hydrogen-bond acceptors (Lipinski definition) is 4. The summed E-state index contributed by atoms with van der Waals surface area (Å²) in [5, 5.41) is 8.75. The maximum absolute atomic E-state index is 4.39. The molecule has 4 nitrogen and oxygen atoms in total. The van der Waals surface area contributed by atoms with Crippen LogP contribution in [0.1, 0.15) is 33.1 Å². The Morgan fingerprint density at radius 2 is 1.96 bits per heavy atom. The zero-order valence-electron chi connectivity index (χ0n) is 16.2. The van der Waals surface area contributed by atoms with E-state index in [4.69, 9.17) is 0 Å². The number of anilines is 1. The van der Waals surface area contributed by atoms with Gasteiger partial charge in [-0.15, -0.1) is 0 Å². The Morgan fingerprint density at radius 1 is 1.24 bits per heavy atom. The third-order valence-corrected chi connectivity index (χ3v) is 4.93. The van der Waals surface area contributed by atoms with Gasteiger partial charge in [-0.05, 0) is 73.5 Å². The fourth-order valence-corrected chi connectivity index (χ4v) is 3.20. The Labute approximate surface area is 152 Å². The number of likely N-dealkylation sites (N-methyl/N-ethyl adjacent to an activating group) is 1. The van der Waals surface area contributed by atoms with Gasteiger partial charge in [-0.3, -0.25) is 4.90 Å². The van der Waals surface area contributed by atoms with Gasteiger partial charge in [-0.2, -0.15) is 0 Å². The standard InChI is InChI=1S/C21H32N4/c1-6-18-14-24-21(23-5)13-19(18)12-16(2)17(3)20(22-4)15-25-10-8-7-9-11-25/h6,12-14,22-23H,2,7-11,15H2,1,3-5H3/b18-6-,19-12-,20-17+. The van der Waals surface area contributed by atoms with Gasteiger partial charge in [-0.1, -0.05) is 19.1 Å². The molecule has 1 aliphatic rings. The van der Waals surface area contributed by atoms with Crippen LogP contribution in [0.4, 0.5) is 5.82 Å². The highest BCUT2D eigenvalue weighted by atomic mass is 15.1. The minimum absolute atomic E-state index is 0.869. The second-order valence-electron chi connectivity index (χ2n) is 6.60. The highest BCUT2D eigenvalue weighted by Gasteiger charge is 2.13. The van der Waals surface area contributed by atoms with E-state index in [-0.39, 0.29) is 0 Å². The van der Waals surface area contributed by atoms with E-state index in [1.165, 1.54) is 43.6 Å². The van der Waals surface area contributed by atoms with Crippen LogP contribution in [0.25, 0.3) is 12.2 Å². The van der Waals surface area contributed by atoms with Crippen LogP contribution < -0.4 is 21.1 Å². The van der Waals surface area contributed by atoms with Gasteiger partial charge in [0.25, 0.3) is 0 Å². The molecular formula is C21H32N4. The zero-order valence-corrected chi connectivity index (χ0v) is 16.2. The molecule has 136 valence electrons. The molecule has 0 aromatic carbocycles. The molecule has 0 radical (unpaired) electrons. The summed E-state index contributed by atoms with van der Waals surface area (Å²) in [4.78, 5) is 6.92. The Bertz CT molecular complexity index is 740. The molecule has 0 saturated carbocycles. The van der Waals surface area contributed by atoms with Crippen molar-refractivity contribution in [2.75, 3.05) is 39.0 Å². The van der Waals surface area contributed by atoms with Gasteiger partial charge in [0.15, 0.2) is 0 Å². The molecule has 2 N–H and O–H groups in total. The van der Waals surface area contributed by atoms with Gasteiger partial charge in [0, 0.05) is 32.5 Å². The lowest BCUT2D eigenvalue weighted by Crippen LogP contribution is -2.34. The molecule has 2 heterocycles. The van der Waals surface area contributed by atoms with Crippen LogP contribution >= 0.6 is 0 Å². The van der Waals surface area contributed by atoms with Crippen molar-refractivity contribution in [3.8, 4) is 0 Å². The van der Waals surface area contributed by atoms with Gasteiger partial charge in [0.2, 0.25) is 0 Å². The van der Waals surface area contributed by atoms with E-state index in [0.29, 0.717) is 0 Å². The van der Waals surface area contributed by atoms with E-state index in [1.54, 1.807) is 0 Å². The number of piperidine rings is 1. The Balaban J connectivity index is 2.30. The molecule has 1 aromatic rings. The summed E-state index contributed by atoms with van der Waals surface area (Å²) in [6, 6.07) is 2.07. The summed E-state index contributed by atoms with van der Waals surface area (Å²) < 4.78 is 0. The number of likely N-dealkylation sites (tertiary alicyclic amines) is 1. The van der Waals surface area contributed by atoms with Crippen molar-refractivity contribution in [3.05, 3.63) is 46.1 Å². The lowest BCUT2D eigenvalue weighted by Gasteiger charge is -2.28. The number of pyridine rings is 1. The van der Waals surface area contributed by atoms with Crippen LogP contribution in [0.3, 0.4) is 0 Å². The maximum atomic E-state index is 4.39. The van der Waals surface area contributed by atoms with E-state index in [9.17, 15) is 0 Å². The van der Waals surface area contributed by atoms with E-state index < -0.39 is 0 Å². The highest BCUT2D eigenvalue weighted by Crippen LogP contribution is 2.16. The molecule has 0 spiro atoms. The molecule has 1 aromatic heterocycles. The molecule has 0 atom stereocenters. The first-order valence-corrected chi connectivity index (χ1v) is 9.20. The van der Waals surface area contributed by atoms with Crippen molar-refractivity contribution in [1.82, 2.24) is 15.2 Å². The van der Waals surface area contributed by atoms with Gasteiger partial charge in [0.05, 0.1) is 0 Å². The second-order valence-corrected chi connectivity index (χ2v) is 6.60. The van der Waals surface area contributed by atoms with Crippen molar-refractivity contribution in [2.45, 2.75) is 33.1 Å². The van der Waals surface area contributed by atoms with E-state index >= 15 is 0 Å². The van der Waals surface area contributed by atoms with Crippen LogP contribution in [-0.4, -0.2) is 43.6 Å². The summed E-state index contributed by atoms with van der Waals surface area (Å²) in [5.74, 6) is 0.869. The number of aromatic nitrogens is 1. The van der Waals surface area contributed by atoms with Crippen molar-refractivity contribution in [1.29, 1.82) is 0 Å². The third kappa shape index (κ3) is 5.20. The lowest BCUT2D eigenvalue weighted by molar-refractivity contribution is 0.243. The molecule has 1 aliphatic heterocycles. The highest BCUT2D eigenvalue weighted by molar-refractivity contribution is 5.58. The topological polar surface area (TPSA) is 40.2 Å². The maximum Gasteiger partial charge on any atom is 0.126 e. The largest absolute Gasteiger partial charge is 0.390 e. The normalized spacial score (nSPS) is 18.1. The van der Waals surface area contributed by atoms with Crippen LogP contribution in [0.5, 0.6) is 0 Å². The smallest absolute Gasteiger partial charge is 0.126 e. The van der Waals surface area contributed by atoms with Gasteiger partial charge >= 0.3 is 0 Å². The number of rotatable bonds is 6. The average molecular weight is 341 g/mol. The first-order chi connectivity index (χ1) is 12.1. The molecule has 2 rings (SSSR count). The lowest BCUT2D eigenvalue weighted by atomic mass is 10.0. The van der Waals surface area contributed by atoms with E-state index in [1.807, 2.05) is 27.2 Å². The SMILES string of the molecule is C=C(/C=c1/cc(NC)nc/c1=C/C)/C(C)=C(\CN1CCCCC1)NC. The Hall–Kier alpha value is -2.07. The van der Waals surface area contributed by atoms with Crippen LogP contribution in [0, 0.1) is 0 Å². The fourth-order valence-electron chi connectivity index (χ4n) is 3.20. The second kappa shape index (κ2) is 9.42. The molecule has 0 bridgehead atoms. The minimum atomic E-state index is 0.869. The van der Waals surface area contributed by atoms with Crippen LogP contribution in [-0.2, 0) is 0 Å². The van der Waals surface area contributed by atoms with Crippen molar-refractivity contribution in [3.63, 3.8) is 0 Å². The summed E-state index contributed by atoms with van der Waals surface area (Å²) in [7, 11) is 3.89. The molecule has 0 amide bonds. The number of hydrogen-bond donors (Lipinski definition) is 2. The van der Waals surface area contributed by atoms with Gasteiger partial charge in [0.1, 0.15) is 5.82 Å². The first kappa shape index (κ1) is 19.3. The summed E-state index contributed by atoms with van der Waals surface area (Å²) in [6.45, 7) is 11.9. The third-order valence-electron chi connectivity index (χ3n) is 4.93. The fraction of sp³-hybridized carbons (Fsp3) is 0.476. The van der Waals surface area contributed by atoms with Gasteiger partial charge in [-0.25, -0.2) is 4.98 Å². The van der Waals surface area contributed by atoms with Gasteiger partial charge < -0.3 is 10.6 Å². The predicted octanol–water partition coefficient (Wildman–Crippen LogP) is 2.24. The first-order valence-electron chi connectivity index (χ1n) is 9.20. The molecule has 4 heteroatoms. The zero-order chi connectivity index (χ0) is 18.2. The minimum Gasteiger partial charge on any atom is -0.390 e. The summed E-state index contributed by atoms with van der Waals surface area (Å²) >= 11 is 0. The van der Waals surface area contributed by atoms with E-state index in [2.05, 4.69) is 52.2 Å². The molecular weight excluding hydrogens is 308 g/mol. The number of allylic oxidation sites excluding steroid dienone is 2. The predicted molar refractivity (Wildman–Crippen MR) is 109 cm³/mol. The number of nitrogens with zero attached hydrogens (tertiary/aromatic N) is 2. The van der Waals surface area contributed by atoms with Crippen molar-refractivity contribution < 1.29 is 0 Å². The molecule has 1 saturated heterocycles. The average Bonchev–Trinajstić information content (AvgIpc) is 2.66. The molecule has 0 unspecified atom stereocenters. The molecule has 1 fully saturated rings. The quantitative estimate of drug-likeness (QED) is 0.779. The van der Waals surface area contributed by atoms with Crippen molar-refractivity contribution in [2.24, 2.45) is 0 Å². The molecule has 25 heavy (non-hydrogen) atoms. The Morgan fingerprint density at radius 3 is 2.56 bits per heavy atom. The van der Waals surface area contributed by atoms with E-state index in [0.717, 1.165) is 28.4 Å². The monoisotopic (exact) mass is 340 g/mol. The summed E-state index contributed by atoms with van der Waals surface area (Å²) in [6.07, 6.45) is 10.1. The van der Waals surface area contributed by atoms with Crippen molar-refractivity contribution >= 4 is 18.0 Å². The van der Waals surface area contributed by atoms with Crippen LogP contribution in [0.2, 0.25) is 0 Å². The van der Waals surface area contributed by atoms with Crippen LogP contribution in [0.15, 0.2) is 35.7 Å².